The Morgan fingerprint density at radius 1 is 1.06 bits per heavy atom. The number of carbonyl (C=O) groups excluding carboxylic acids is 1. The van der Waals surface area contributed by atoms with E-state index in [1.54, 1.807) is 49.4 Å². The van der Waals surface area contributed by atoms with Crippen molar-refractivity contribution >= 4 is 23.2 Å². The molecule has 0 bridgehead atoms. The molecule has 31 heavy (non-hydrogen) atoms. The van der Waals surface area contributed by atoms with Crippen molar-refractivity contribution < 1.29 is 23.5 Å². The second-order valence-electron chi connectivity index (χ2n) is 6.19. The smallest absolute Gasteiger partial charge is 0.273 e. The van der Waals surface area contributed by atoms with E-state index in [1.807, 2.05) is 0 Å². The molecule has 0 saturated carbocycles. The number of likely N-dealkylation sites (N-methyl/N-ethyl adjacent to an activating group) is 1. The van der Waals surface area contributed by atoms with E-state index in [-0.39, 0.29) is 23.1 Å². The van der Waals surface area contributed by atoms with Crippen molar-refractivity contribution in [3.05, 3.63) is 76.7 Å². The number of para-hydroxylation sites is 1. The van der Waals surface area contributed by atoms with Crippen LogP contribution in [0.25, 0.3) is 0 Å². The Hall–Kier alpha value is -3.65. The molecule has 1 aromatic heterocycles. The molecule has 0 atom stereocenters. The Morgan fingerprint density at radius 3 is 2.55 bits per heavy atom. The van der Waals surface area contributed by atoms with Gasteiger partial charge in [-0.25, -0.2) is 4.98 Å². The van der Waals surface area contributed by atoms with E-state index < -0.39 is 11.7 Å². The minimum atomic E-state index is -0.818. The molecular formula is C22H19ClFN3O4. The molecule has 9 heteroatoms. The van der Waals surface area contributed by atoms with E-state index >= 15 is 4.39 Å². The zero-order valence-electron chi connectivity index (χ0n) is 17.0. The normalized spacial score (nSPS) is 11.1. The minimum Gasteiger partial charge on any atom is -0.453 e. The van der Waals surface area contributed by atoms with Gasteiger partial charge in [0.05, 0.1) is 5.56 Å². The fourth-order valence-electron chi connectivity index (χ4n) is 2.65. The number of amides is 1. The van der Waals surface area contributed by atoms with Gasteiger partial charge in [-0.2, -0.15) is 4.39 Å². The summed E-state index contributed by atoms with van der Waals surface area (Å²) in [5, 5.41) is 6.72. The molecule has 0 aliphatic carbocycles. The highest BCUT2D eigenvalue weighted by molar-refractivity contribution is 6.45. The third kappa shape index (κ3) is 4.92. The van der Waals surface area contributed by atoms with Gasteiger partial charge in [0.15, 0.2) is 11.5 Å². The number of oxime groups is 1. The molecule has 0 spiro atoms. The van der Waals surface area contributed by atoms with Gasteiger partial charge in [0.25, 0.3) is 11.8 Å². The monoisotopic (exact) mass is 443 g/mol. The Labute approximate surface area is 183 Å². The zero-order valence-corrected chi connectivity index (χ0v) is 17.7. The van der Waals surface area contributed by atoms with Crippen molar-refractivity contribution in [1.29, 1.82) is 0 Å². The molecule has 3 rings (SSSR count). The van der Waals surface area contributed by atoms with Gasteiger partial charge in [-0.1, -0.05) is 35.0 Å². The summed E-state index contributed by atoms with van der Waals surface area (Å²) in [5.41, 5.74) is 0.933. The topological polar surface area (TPSA) is 82.0 Å². The molecule has 7 nitrogen and oxygen atoms in total. The lowest BCUT2D eigenvalue weighted by molar-refractivity contribution is -0.114. The van der Waals surface area contributed by atoms with Crippen molar-refractivity contribution in [3.8, 4) is 23.1 Å². The second kappa shape index (κ2) is 9.90. The molecule has 0 saturated heterocycles. The first-order valence-corrected chi connectivity index (χ1v) is 9.52. The van der Waals surface area contributed by atoms with Crippen LogP contribution in [-0.2, 0) is 9.63 Å². The van der Waals surface area contributed by atoms with Crippen molar-refractivity contribution in [1.82, 2.24) is 10.3 Å². The Bertz CT molecular complexity index is 1140. The number of aromatic nitrogens is 1. The van der Waals surface area contributed by atoms with Crippen molar-refractivity contribution in [3.63, 3.8) is 0 Å². The molecule has 0 aliphatic heterocycles. The molecule has 1 N–H and O–H groups in total. The summed E-state index contributed by atoms with van der Waals surface area (Å²) in [6.45, 7) is 1.75. The predicted molar refractivity (Wildman–Crippen MR) is 115 cm³/mol. The van der Waals surface area contributed by atoms with Crippen LogP contribution in [0.1, 0.15) is 11.1 Å². The lowest BCUT2D eigenvalue weighted by Gasteiger charge is -2.14. The molecule has 2 aromatic carbocycles. The number of pyridine rings is 1. The number of carbonyl (C=O) groups is 1. The third-order valence-corrected chi connectivity index (χ3v) is 4.64. The summed E-state index contributed by atoms with van der Waals surface area (Å²) in [7, 11) is 2.78. The summed E-state index contributed by atoms with van der Waals surface area (Å²) in [6, 6.07) is 12.9. The fraction of sp³-hybridized carbons (Fsp3) is 0.136. The lowest BCUT2D eigenvalue weighted by Crippen LogP contribution is -2.28. The molecule has 0 radical (unpaired) electrons. The van der Waals surface area contributed by atoms with Gasteiger partial charge in [-0.05, 0) is 31.2 Å². The van der Waals surface area contributed by atoms with E-state index in [2.05, 4.69) is 15.5 Å². The van der Waals surface area contributed by atoms with E-state index in [4.69, 9.17) is 25.9 Å². The molecule has 1 heterocycles. The van der Waals surface area contributed by atoms with Crippen LogP contribution in [0.5, 0.6) is 23.1 Å². The van der Waals surface area contributed by atoms with Crippen molar-refractivity contribution in [2.75, 3.05) is 14.2 Å². The van der Waals surface area contributed by atoms with E-state index in [0.717, 1.165) is 0 Å². The Balaban J connectivity index is 1.96. The maximum atomic E-state index is 15.1. The largest absolute Gasteiger partial charge is 0.453 e. The van der Waals surface area contributed by atoms with Crippen molar-refractivity contribution in [2.45, 2.75) is 6.92 Å². The average Bonchev–Trinajstić information content (AvgIpc) is 2.78. The maximum Gasteiger partial charge on any atom is 0.273 e. The van der Waals surface area contributed by atoms with Gasteiger partial charge in [0.1, 0.15) is 18.6 Å². The highest BCUT2D eigenvalue weighted by Crippen LogP contribution is 2.34. The second-order valence-corrected chi connectivity index (χ2v) is 6.60. The Kier molecular flexibility index (Phi) is 7.04. The third-order valence-electron chi connectivity index (χ3n) is 4.23. The molecule has 1 amide bonds. The zero-order chi connectivity index (χ0) is 22.4. The van der Waals surface area contributed by atoms with Crippen LogP contribution in [0.15, 0.2) is 59.9 Å². The quantitative estimate of drug-likeness (QED) is 0.416. The van der Waals surface area contributed by atoms with Crippen LogP contribution in [0.4, 0.5) is 4.39 Å². The summed E-state index contributed by atoms with van der Waals surface area (Å²) in [5.74, 6) is -1.18. The van der Waals surface area contributed by atoms with E-state index in [9.17, 15) is 4.79 Å². The molecule has 0 aliphatic rings. The fourth-order valence-corrected chi connectivity index (χ4v) is 2.82. The Morgan fingerprint density at radius 2 is 1.81 bits per heavy atom. The van der Waals surface area contributed by atoms with Crippen LogP contribution in [0.3, 0.4) is 0 Å². The minimum absolute atomic E-state index is 0.0268. The summed E-state index contributed by atoms with van der Waals surface area (Å²) < 4.78 is 26.5. The van der Waals surface area contributed by atoms with Gasteiger partial charge in [0.2, 0.25) is 5.82 Å². The van der Waals surface area contributed by atoms with Crippen LogP contribution < -0.4 is 14.8 Å². The number of halogens is 2. The number of rotatable bonds is 7. The predicted octanol–water partition coefficient (Wildman–Crippen LogP) is 4.86. The number of hydrogen-bond acceptors (Lipinski definition) is 6. The first-order valence-electron chi connectivity index (χ1n) is 9.14. The summed E-state index contributed by atoms with van der Waals surface area (Å²) in [6.07, 6.45) is 1.35. The van der Waals surface area contributed by atoms with Crippen LogP contribution in [0, 0.1) is 12.7 Å². The number of benzene rings is 2. The number of nitrogens with zero attached hydrogens (tertiary/aromatic N) is 2. The molecule has 3 aromatic rings. The van der Waals surface area contributed by atoms with Gasteiger partial charge in [-0.15, -0.1) is 0 Å². The molecular weight excluding hydrogens is 425 g/mol. The average molecular weight is 444 g/mol. The van der Waals surface area contributed by atoms with Crippen LogP contribution in [-0.4, -0.2) is 30.8 Å². The van der Waals surface area contributed by atoms with Crippen molar-refractivity contribution in [2.24, 2.45) is 5.16 Å². The van der Waals surface area contributed by atoms with Gasteiger partial charge >= 0.3 is 0 Å². The van der Waals surface area contributed by atoms with Crippen LogP contribution in [0.2, 0.25) is 5.02 Å². The van der Waals surface area contributed by atoms with Gasteiger partial charge in [0, 0.05) is 29.9 Å². The SMILES string of the molecule is CNC(=O)C(=NOC)c1ccccc1Oc1ccnc(Oc2cccc(Cl)c2C)c1F. The van der Waals surface area contributed by atoms with E-state index in [1.165, 1.54) is 26.4 Å². The maximum absolute atomic E-state index is 15.1. The lowest BCUT2D eigenvalue weighted by atomic mass is 10.1. The highest BCUT2D eigenvalue weighted by Gasteiger charge is 2.21. The standard InChI is InChI=1S/C22H19ClFN3O4/c1-13-15(23)8-6-10-16(13)31-22-19(24)18(11-12-26-22)30-17-9-5-4-7-14(17)20(27-29-3)21(28)25-2/h4-12H,1-3H3,(H,25,28). The van der Waals surface area contributed by atoms with Gasteiger partial charge in [-0.3, -0.25) is 4.79 Å². The molecule has 160 valence electrons. The highest BCUT2D eigenvalue weighted by atomic mass is 35.5. The summed E-state index contributed by atoms with van der Waals surface area (Å²) in [4.78, 5) is 20.9. The van der Waals surface area contributed by atoms with Gasteiger partial charge < -0.3 is 19.6 Å². The molecule has 0 unspecified atom stereocenters. The van der Waals surface area contributed by atoms with Crippen LogP contribution >= 0.6 is 11.6 Å². The molecule has 0 fully saturated rings. The number of nitrogens with one attached hydrogen (secondary N) is 1. The summed E-state index contributed by atoms with van der Waals surface area (Å²) >= 11 is 6.10. The first kappa shape index (κ1) is 22.0. The number of ether oxygens (including phenoxy) is 2. The first-order chi connectivity index (χ1) is 15.0. The van der Waals surface area contributed by atoms with E-state index in [0.29, 0.717) is 21.9 Å². The number of hydrogen-bond donors (Lipinski definition) is 1.